The minimum atomic E-state index is -0.924. The Labute approximate surface area is 221 Å². The number of fused-ring (bicyclic) bond motifs is 1. The fraction of sp³-hybridized carbons (Fsp3) is 0.200. The number of aryl methyl sites for hydroxylation is 1. The van der Waals surface area contributed by atoms with Crippen LogP contribution in [-0.4, -0.2) is 26.0 Å². The molecule has 0 spiro atoms. The summed E-state index contributed by atoms with van der Waals surface area (Å²) in [6, 6.07) is 12.2. The second-order valence-corrected chi connectivity index (χ2v) is 9.94. The number of carbonyl (C=O) groups is 1. The molecule has 2 heterocycles. The molecule has 9 heteroatoms. The molecule has 1 aliphatic carbocycles. The van der Waals surface area contributed by atoms with Crippen LogP contribution in [0.1, 0.15) is 47.6 Å². The highest BCUT2D eigenvalue weighted by molar-refractivity contribution is 5.85. The molecule has 0 bridgehead atoms. The highest BCUT2D eigenvalue weighted by Gasteiger charge is 2.45. The minimum absolute atomic E-state index is 0.0459. The van der Waals surface area contributed by atoms with Crippen LogP contribution in [0.4, 0.5) is 13.2 Å². The maximum atomic E-state index is 15.4. The summed E-state index contributed by atoms with van der Waals surface area (Å²) < 4.78 is 50.9. The quantitative estimate of drug-likeness (QED) is 0.204. The van der Waals surface area contributed by atoms with E-state index in [1.54, 1.807) is 38.2 Å². The number of halogens is 3. The van der Waals surface area contributed by atoms with Gasteiger partial charge < -0.3 is 19.8 Å². The monoisotopic (exact) mass is 531 g/mol. The molecule has 6 rings (SSSR count). The Morgan fingerprint density at radius 3 is 2.72 bits per heavy atom. The molecule has 6 nitrogen and oxygen atoms in total. The van der Waals surface area contributed by atoms with Crippen LogP contribution in [0.25, 0.3) is 22.3 Å². The van der Waals surface area contributed by atoms with Gasteiger partial charge in [-0.1, -0.05) is 25.1 Å². The van der Waals surface area contributed by atoms with Gasteiger partial charge in [-0.2, -0.15) is 0 Å². The predicted octanol–water partition coefficient (Wildman–Crippen LogP) is 7.42. The molecule has 3 N–H and O–H groups in total. The highest BCUT2D eigenvalue weighted by Crippen LogP contribution is 2.49. The zero-order valence-electron chi connectivity index (χ0n) is 21.1. The van der Waals surface area contributed by atoms with E-state index >= 15 is 4.39 Å². The molecule has 0 aliphatic heterocycles. The van der Waals surface area contributed by atoms with Crippen LogP contribution in [0.15, 0.2) is 60.9 Å². The number of carboxylic acids is 1. The lowest BCUT2D eigenvalue weighted by molar-refractivity contribution is -0.138. The van der Waals surface area contributed by atoms with Gasteiger partial charge >= 0.3 is 5.97 Å². The molecule has 3 atom stereocenters. The zero-order chi connectivity index (χ0) is 27.4. The number of rotatable bonds is 7. The first-order valence-corrected chi connectivity index (χ1v) is 12.5. The summed E-state index contributed by atoms with van der Waals surface area (Å²) in [6.07, 6.45) is 3.64. The molecule has 1 unspecified atom stereocenters. The van der Waals surface area contributed by atoms with Gasteiger partial charge in [-0.05, 0) is 48.7 Å². The van der Waals surface area contributed by atoms with Gasteiger partial charge in [0.2, 0.25) is 0 Å². The number of benzene rings is 3. The number of nitrogens with one attached hydrogen (secondary N) is 2. The number of aromatic amines is 2. The lowest BCUT2D eigenvalue weighted by Crippen LogP contribution is -2.05. The first kappa shape index (κ1) is 24.8. The smallest absolute Gasteiger partial charge is 0.307 e. The molecular weight excluding hydrogens is 507 g/mol. The van der Waals surface area contributed by atoms with E-state index in [9.17, 15) is 18.7 Å². The number of hydrogen-bond donors (Lipinski definition) is 3. The molecule has 1 saturated carbocycles. The molecular formula is C30H24F3N3O3. The van der Waals surface area contributed by atoms with Crippen LogP contribution in [0.5, 0.6) is 11.5 Å². The Bertz CT molecular complexity index is 1740. The van der Waals surface area contributed by atoms with E-state index in [0.717, 1.165) is 5.39 Å². The van der Waals surface area contributed by atoms with E-state index in [4.69, 9.17) is 4.74 Å². The molecule has 0 amide bonds. The molecule has 5 aromatic rings. The molecule has 3 aromatic carbocycles. The summed E-state index contributed by atoms with van der Waals surface area (Å²) in [5.41, 5.74) is 2.71. The van der Waals surface area contributed by atoms with Gasteiger partial charge in [0, 0.05) is 52.5 Å². The predicted molar refractivity (Wildman–Crippen MR) is 139 cm³/mol. The van der Waals surface area contributed by atoms with E-state index in [1.165, 1.54) is 30.5 Å². The number of H-pyrrole nitrogens is 2. The summed E-state index contributed by atoms with van der Waals surface area (Å²) in [7, 11) is 0. The second-order valence-electron chi connectivity index (χ2n) is 9.94. The maximum Gasteiger partial charge on any atom is 0.307 e. The van der Waals surface area contributed by atoms with Gasteiger partial charge in [-0.25, -0.2) is 18.2 Å². The number of aliphatic carboxylic acids is 1. The zero-order valence-corrected chi connectivity index (χ0v) is 21.1. The van der Waals surface area contributed by atoms with Crippen molar-refractivity contribution in [1.29, 1.82) is 0 Å². The van der Waals surface area contributed by atoms with Crippen molar-refractivity contribution in [3.05, 3.63) is 101 Å². The lowest BCUT2D eigenvalue weighted by Gasteiger charge is -2.14. The van der Waals surface area contributed by atoms with Crippen LogP contribution in [0, 0.1) is 30.3 Å². The summed E-state index contributed by atoms with van der Waals surface area (Å²) >= 11 is 0. The Morgan fingerprint density at radius 1 is 1.13 bits per heavy atom. The fourth-order valence-corrected chi connectivity index (χ4v) is 5.18. The molecule has 198 valence electrons. The third-order valence-corrected chi connectivity index (χ3v) is 7.52. The summed E-state index contributed by atoms with van der Waals surface area (Å²) in [6.45, 7) is 3.54. The van der Waals surface area contributed by atoms with Crippen molar-refractivity contribution in [2.75, 3.05) is 0 Å². The third-order valence-electron chi connectivity index (χ3n) is 7.52. The van der Waals surface area contributed by atoms with Crippen LogP contribution < -0.4 is 4.74 Å². The Hall–Kier alpha value is -4.53. The third kappa shape index (κ3) is 4.33. The van der Waals surface area contributed by atoms with Crippen molar-refractivity contribution < 1.29 is 27.8 Å². The average Bonchev–Trinajstić information content (AvgIpc) is 3.31. The van der Waals surface area contributed by atoms with Crippen LogP contribution >= 0.6 is 0 Å². The number of carboxylic acid groups (broad SMARTS) is 1. The lowest BCUT2D eigenvalue weighted by atomic mass is 9.94. The number of ether oxygens (including phenoxy) is 1. The van der Waals surface area contributed by atoms with Crippen molar-refractivity contribution in [2.24, 2.45) is 5.92 Å². The number of aromatic nitrogens is 3. The van der Waals surface area contributed by atoms with Crippen molar-refractivity contribution in [3.8, 4) is 22.9 Å². The van der Waals surface area contributed by atoms with Crippen molar-refractivity contribution in [1.82, 2.24) is 15.0 Å². The number of nitrogens with zero attached hydrogens (tertiary/aromatic N) is 1. The molecule has 1 fully saturated rings. The van der Waals surface area contributed by atoms with Gasteiger partial charge in [-0.3, -0.25) is 4.79 Å². The first-order chi connectivity index (χ1) is 18.7. The van der Waals surface area contributed by atoms with Gasteiger partial charge in [-0.15, -0.1) is 0 Å². The molecule has 0 saturated heterocycles. The standard InChI is InChI=1S/C30H24F3N3O3/c1-14(18-4-3-5-19(27(18)33)20-11-21(20)30(37)38)26-13-35-29(36-26)22-10-16(6-7-23(22)31)39-28-15(2)17-8-9-34-25(17)12-24(28)32/h3-10,12-14,20-21,34H,11H2,1-2H3,(H,35,36)(H,37,38)/t14?,20-,21+/m0/s1. The molecule has 2 aromatic heterocycles. The van der Waals surface area contributed by atoms with Crippen LogP contribution in [0.2, 0.25) is 0 Å². The largest absolute Gasteiger partial charge is 0.481 e. The van der Waals surface area contributed by atoms with Gasteiger partial charge in [0.25, 0.3) is 0 Å². The minimum Gasteiger partial charge on any atom is -0.481 e. The highest BCUT2D eigenvalue weighted by atomic mass is 19.1. The summed E-state index contributed by atoms with van der Waals surface area (Å²) in [5.74, 6) is -3.35. The van der Waals surface area contributed by atoms with Crippen LogP contribution in [-0.2, 0) is 4.79 Å². The van der Waals surface area contributed by atoms with Crippen LogP contribution in [0.3, 0.4) is 0 Å². The van der Waals surface area contributed by atoms with Gasteiger partial charge in [0.1, 0.15) is 23.2 Å². The molecule has 1 aliphatic rings. The van der Waals surface area contributed by atoms with E-state index in [1.807, 2.05) is 6.07 Å². The maximum absolute atomic E-state index is 15.4. The first-order valence-electron chi connectivity index (χ1n) is 12.5. The Morgan fingerprint density at radius 2 is 1.95 bits per heavy atom. The topological polar surface area (TPSA) is 91.0 Å². The SMILES string of the molecule is Cc1c(Oc2ccc(F)c(-c3ncc(C(C)c4cccc([C@@H]5C[C@H]5C(=O)O)c4F)[nH]3)c2)c(F)cc2[nH]ccc12. The Balaban J connectivity index is 1.28. The van der Waals surface area contributed by atoms with Gasteiger partial charge in [0.05, 0.1) is 11.5 Å². The summed E-state index contributed by atoms with van der Waals surface area (Å²) in [5, 5.41) is 10.0. The van der Waals surface area contributed by atoms with E-state index in [0.29, 0.717) is 34.3 Å². The molecule has 39 heavy (non-hydrogen) atoms. The normalized spacial score (nSPS) is 17.4. The van der Waals surface area contributed by atoms with Crippen molar-refractivity contribution >= 4 is 16.9 Å². The van der Waals surface area contributed by atoms with Gasteiger partial charge in [0.15, 0.2) is 11.6 Å². The average molecular weight is 532 g/mol. The van der Waals surface area contributed by atoms with E-state index in [2.05, 4.69) is 15.0 Å². The number of hydrogen-bond acceptors (Lipinski definition) is 3. The van der Waals surface area contributed by atoms with E-state index < -0.39 is 35.3 Å². The van der Waals surface area contributed by atoms with E-state index in [-0.39, 0.29) is 28.8 Å². The van der Waals surface area contributed by atoms with Crippen molar-refractivity contribution in [3.63, 3.8) is 0 Å². The Kier molecular flexibility index (Phi) is 5.94. The molecule has 0 radical (unpaired) electrons. The van der Waals surface area contributed by atoms with Crippen molar-refractivity contribution in [2.45, 2.75) is 32.1 Å². The second kappa shape index (κ2) is 9.34. The number of imidazole rings is 1. The fourth-order valence-electron chi connectivity index (χ4n) is 5.18. The summed E-state index contributed by atoms with van der Waals surface area (Å²) in [4.78, 5) is 21.6.